The molecule has 0 radical (unpaired) electrons. The summed E-state index contributed by atoms with van der Waals surface area (Å²) in [5, 5.41) is 17.5. The molecular formula is C39H39Cl2N5O4. The number of aromatic nitrogens is 4. The second kappa shape index (κ2) is 12.5. The normalized spacial score (nSPS) is 14.6. The number of fused-ring (bicyclic) bond motifs is 4. The van der Waals surface area contributed by atoms with Crippen molar-refractivity contribution < 1.29 is 19.4 Å². The number of amides is 1. The minimum Gasteiger partial charge on any atom is -0.494 e. The maximum Gasteiger partial charge on any atom is 0.336 e. The molecule has 50 heavy (non-hydrogen) atoms. The predicted molar refractivity (Wildman–Crippen MR) is 200 cm³/mol. The molecule has 1 aliphatic rings. The van der Waals surface area contributed by atoms with Gasteiger partial charge in [0, 0.05) is 65.5 Å². The Bertz CT molecular complexity index is 2360. The fourth-order valence-electron chi connectivity index (χ4n) is 7.74. The van der Waals surface area contributed by atoms with E-state index in [1.807, 2.05) is 81.5 Å². The number of carbonyl (C=O) groups excluding carboxylic acids is 1. The van der Waals surface area contributed by atoms with E-state index in [-0.39, 0.29) is 17.5 Å². The third kappa shape index (κ3) is 5.26. The van der Waals surface area contributed by atoms with Crippen LogP contribution in [0.1, 0.15) is 68.3 Å². The number of carboxylic acid groups (broad SMARTS) is 1. The Morgan fingerprint density at radius 3 is 2.36 bits per heavy atom. The first-order valence-corrected chi connectivity index (χ1v) is 17.4. The molecule has 6 aromatic rings. The smallest absolute Gasteiger partial charge is 0.336 e. The molecule has 0 spiro atoms. The van der Waals surface area contributed by atoms with Gasteiger partial charge in [-0.2, -0.15) is 5.10 Å². The molecule has 0 aliphatic carbocycles. The molecule has 3 aromatic heterocycles. The highest BCUT2D eigenvalue weighted by Gasteiger charge is 2.37. The third-order valence-electron chi connectivity index (χ3n) is 10.1. The van der Waals surface area contributed by atoms with E-state index in [9.17, 15) is 14.7 Å². The Morgan fingerprint density at radius 1 is 0.980 bits per heavy atom. The summed E-state index contributed by atoms with van der Waals surface area (Å²) in [6.07, 6.45) is 3.07. The molecule has 0 fully saturated rings. The lowest BCUT2D eigenvalue weighted by Crippen LogP contribution is -2.43. The van der Waals surface area contributed by atoms with Crippen LogP contribution in [0, 0.1) is 27.7 Å². The van der Waals surface area contributed by atoms with Crippen LogP contribution in [0.2, 0.25) is 10.0 Å². The van der Waals surface area contributed by atoms with Crippen molar-refractivity contribution in [2.45, 2.75) is 53.5 Å². The highest BCUT2D eigenvalue weighted by atomic mass is 35.5. The van der Waals surface area contributed by atoms with Crippen molar-refractivity contribution in [2.75, 3.05) is 18.1 Å². The van der Waals surface area contributed by atoms with E-state index in [0.717, 1.165) is 60.9 Å². The van der Waals surface area contributed by atoms with Gasteiger partial charge in [0.25, 0.3) is 5.91 Å². The largest absolute Gasteiger partial charge is 0.494 e. The number of ether oxygens (including phenoxy) is 1. The molecule has 0 unspecified atom stereocenters. The monoisotopic (exact) mass is 711 g/mol. The van der Waals surface area contributed by atoms with E-state index < -0.39 is 5.97 Å². The van der Waals surface area contributed by atoms with Crippen LogP contribution >= 0.6 is 23.2 Å². The van der Waals surface area contributed by atoms with Crippen LogP contribution < -0.4 is 9.64 Å². The van der Waals surface area contributed by atoms with Gasteiger partial charge in [0.2, 0.25) is 0 Å². The van der Waals surface area contributed by atoms with Crippen molar-refractivity contribution in [1.82, 2.24) is 18.9 Å². The lowest BCUT2D eigenvalue weighted by molar-refractivity contribution is 0.0699. The molecule has 0 bridgehead atoms. The number of hydrogen-bond donors (Lipinski definition) is 1. The van der Waals surface area contributed by atoms with E-state index in [1.54, 1.807) is 23.1 Å². The fraction of sp³-hybridized carbons (Fsp3) is 0.308. The van der Waals surface area contributed by atoms with Crippen LogP contribution in [0.5, 0.6) is 5.75 Å². The maximum atomic E-state index is 15.0. The number of rotatable bonds is 8. The van der Waals surface area contributed by atoms with E-state index in [4.69, 9.17) is 33.0 Å². The molecule has 0 saturated heterocycles. The van der Waals surface area contributed by atoms with Gasteiger partial charge in [-0.3, -0.25) is 9.48 Å². The van der Waals surface area contributed by atoms with E-state index in [1.165, 1.54) is 0 Å². The molecule has 1 amide bonds. The Hall–Kier alpha value is -4.73. The lowest BCUT2D eigenvalue weighted by atomic mass is 9.98. The first kappa shape index (κ1) is 33.8. The molecule has 1 aliphatic heterocycles. The minimum absolute atomic E-state index is 0.140. The molecule has 9 nitrogen and oxygen atoms in total. The number of aryl methyl sites for hydroxylation is 6. The number of carboxylic acids is 1. The summed E-state index contributed by atoms with van der Waals surface area (Å²) in [5.41, 5.74) is 9.61. The van der Waals surface area contributed by atoms with Crippen molar-refractivity contribution in [1.29, 1.82) is 0 Å². The van der Waals surface area contributed by atoms with Gasteiger partial charge in [0.05, 0.1) is 39.6 Å². The molecule has 0 saturated carbocycles. The molecule has 1 atom stereocenters. The summed E-state index contributed by atoms with van der Waals surface area (Å²) in [7, 11) is 3.79. The summed E-state index contributed by atoms with van der Waals surface area (Å²) in [6, 6.07) is 12.8. The maximum absolute atomic E-state index is 15.0. The zero-order valence-electron chi connectivity index (χ0n) is 29.2. The molecule has 3 aromatic carbocycles. The Morgan fingerprint density at radius 2 is 1.70 bits per heavy atom. The van der Waals surface area contributed by atoms with Gasteiger partial charge in [-0.1, -0.05) is 29.3 Å². The van der Waals surface area contributed by atoms with Crippen molar-refractivity contribution in [2.24, 2.45) is 14.1 Å². The van der Waals surface area contributed by atoms with Crippen molar-refractivity contribution in [3.05, 3.63) is 98.0 Å². The van der Waals surface area contributed by atoms with Gasteiger partial charge in [-0.05, 0) is 101 Å². The number of hydrogen-bond acceptors (Lipinski definition) is 4. The van der Waals surface area contributed by atoms with Gasteiger partial charge >= 0.3 is 5.97 Å². The molecule has 7 rings (SSSR count). The quantitative estimate of drug-likeness (QED) is 0.159. The number of anilines is 1. The van der Waals surface area contributed by atoms with Crippen molar-refractivity contribution in [3.8, 4) is 16.9 Å². The Balaban J connectivity index is 1.38. The molecule has 4 heterocycles. The van der Waals surface area contributed by atoms with Gasteiger partial charge in [0.15, 0.2) is 0 Å². The second-order valence-electron chi connectivity index (χ2n) is 13.4. The number of carbonyl (C=O) groups is 2. The standard InChI is InChI=1S/C39H39Cl2N5O4/c1-20-17-25(18-21(2)34(20)41)50-16-8-9-26-27-10-12-30(40)33(32-23(4)42-44(7)24(32)5)36(27)46-22(3)19-45(38(47)37(26)46)31-13-11-29(39(48)49)28-14-15-43(6)35(28)31/h10-15,17-18,22H,8-9,16,19H2,1-7H3,(H,48,49)/t22-/m1/s1. The summed E-state index contributed by atoms with van der Waals surface area (Å²) in [4.78, 5) is 28.9. The average molecular weight is 713 g/mol. The second-order valence-corrected chi connectivity index (χ2v) is 14.2. The first-order valence-electron chi connectivity index (χ1n) is 16.7. The number of halogens is 2. The summed E-state index contributed by atoms with van der Waals surface area (Å²) in [5.74, 6) is -0.395. The SMILES string of the molecule is Cc1cc(OCCCc2c3n(c4c(-c5c(C)nn(C)c5C)c(Cl)ccc24)[C@H](C)CN(c2ccc(C(=O)O)c4ccn(C)c24)C3=O)cc(C)c1Cl. The van der Waals surface area contributed by atoms with Crippen LogP contribution in [0.3, 0.4) is 0 Å². The predicted octanol–water partition coefficient (Wildman–Crippen LogP) is 9.01. The van der Waals surface area contributed by atoms with Gasteiger partial charge in [-0.15, -0.1) is 0 Å². The van der Waals surface area contributed by atoms with Gasteiger partial charge in [0.1, 0.15) is 11.4 Å². The molecule has 258 valence electrons. The van der Waals surface area contributed by atoms with Crippen LogP contribution in [0.25, 0.3) is 32.9 Å². The van der Waals surface area contributed by atoms with Crippen LogP contribution in [-0.2, 0) is 20.5 Å². The summed E-state index contributed by atoms with van der Waals surface area (Å²) < 4.78 is 12.1. The van der Waals surface area contributed by atoms with Gasteiger partial charge < -0.3 is 23.9 Å². The zero-order chi connectivity index (χ0) is 35.8. The summed E-state index contributed by atoms with van der Waals surface area (Å²) >= 11 is 13.5. The topological polar surface area (TPSA) is 94.5 Å². The highest BCUT2D eigenvalue weighted by molar-refractivity contribution is 6.35. The lowest BCUT2D eigenvalue weighted by Gasteiger charge is -2.35. The molecule has 11 heteroatoms. The van der Waals surface area contributed by atoms with E-state index in [0.29, 0.717) is 53.3 Å². The number of nitrogens with zero attached hydrogens (tertiary/aromatic N) is 5. The Labute approximate surface area is 300 Å². The van der Waals surface area contributed by atoms with Crippen molar-refractivity contribution in [3.63, 3.8) is 0 Å². The summed E-state index contributed by atoms with van der Waals surface area (Å²) in [6.45, 7) is 10.9. The highest BCUT2D eigenvalue weighted by Crippen LogP contribution is 2.45. The minimum atomic E-state index is -1.01. The molecular weight excluding hydrogens is 673 g/mol. The Kier molecular flexibility index (Phi) is 8.47. The van der Waals surface area contributed by atoms with Crippen molar-refractivity contribution >= 4 is 62.6 Å². The number of benzene rings is 3. The molecule has 1 N–H and O–H groups in total. The van der Waals surface area contributed by atoms with Crippen LogP contribution in [0.15, 0.2) is 48.7 Å². The van der Waals surface area contributed by atoms with Gasteiger partial charge in [-0.25, -0.2) is 4.79 Å². The average Bonchev–Trinajstić information content (AvgIpc) is 3.70. The number of aromatic carboxylic acids is 1. The van der Waals surface area contributed by atoms with Crippen LogP contribution in [-0.4, -0.2) is 49.0 Å². The third-order valence-corrected chi connectivity index (χ3v) is 11.0. The first-order chi connectivity index (χ1) is 23.8. The van der Waals surface area contributed by atoms with Crippen LogP contribution in [0.4, 0.5) is 5.69 Å². The fourth-order valence-corrected chi connectivity index (χ4v) is 8.09. The van der Waals surface area contributed by atoms with E-state index in [2.05, 4.69) is 11.5 Å². The zero-order valence-corrected chi connectivity index (χ0v) is 30.7. The van der Waals surface area contributed by atoms with E-state index >= 15 is 0 Å².